The first-order valence-electron chi connectivity index (χ1n) is 11.4. The molecule has 38 heavy (non-hydrogen) atoms. The average molecular weight is 565 g/mol. The predicted molar refractivity (Wildman–Crippen MR) is 138 cm³/mol. The maximum atomic E-state index is 12.9. The van der Waals surface area contributed by atoms with Crippen LogP contribution in [0.2, 0.25) is 5.02 Å². The van der Waals surface area contributed by atoms with E-state index in [4.69, 9.17) is 20.9 Å². The first-order chi connectivity index (χ1) is 18.0. The van der Waals surface area contributed by atoms with E-state index in [2.05, 4.69) is 10.1 Å². The number of nitro benzene ring substituents is 1. The largest absolute Gasteiger partial charge is 0.443 e. The molecule has 0 radical (unpaired) electrons. The number of carbonyl (C=O) groups is 1. The average Bonchev–Trinajstić information content (AvgIpc) is 3.47. The van der Waals surface area contributed by atoms with Gasteiger partial charge in [-0.3, -0.25) is 15.0 Å². The van der Waals surface area contributed by atoms with Gasteiger partial charge in [0, 0.05) is 50.9 Å². The number of cyclic esters (lactones) is 1. The summed E-state index contributed by atoms with van der Waals surface area (Å²) in [5, 5.41) is 14.9. The van der Waals surface area contributed by atoms with Gasteiger partial charge >= 0.3 is 6.09 Å². The topological polar surface area (TPSA) is 152 Å². The summed E-state index contributed by atoms with van der Waals surface area (Å²) in [7, 11) is -0.803. The zero-order chi connectivity index (χ0) is 27.6. The fraction of sp³-hybridized carbons (Fsp3) is 0.348. The summed E-state index contributed by atoms with van der Waals surface area (Å²) in [6.07, 6.45) is -0.900. The number of rotatable bonds is 10. The highest BCUT2D eigenvalue weighted by Gasteiger charge is 2.33. The van der Waals surface area contributed by atoms with Crippen molar-refractivity contribution >= 4 is 39.1 Å². The van der Waals surface area contributed by atoms with Crippen LogP contribution in [-0.2, 0) is 14.8 Å². The van der Waals surface area contributed by atoms with Gasteiger partial charge in [-0.2, -0.15) is 9.29 Å². The Kier molecular flexibility index (Phi) is 7.97. The molecule has 1 fully saturated rings. The van der Waals surface area contributed by atoms with Crippen LogP contribution < -0.4 is 4.90 Å². The molecular weight excluding hydrogens is 540 g/mol. The number of hydrogen-bond acceptors (Lipinski definition) is 10. The minimum atomic E-state index is -3.98. The number of likely N-dealkylation sites (N-methyl/N-ethyl adjacent to an activating group) is 2. The second kappa shape index (κ2) is 11.0. The monoisotopic (exact) mass is 564 g/mol. The van der Waals surface area contributed by atoms with Gasteiger partial charge in [-0.15, -0.1) is 0 Å². The van der Waals surface area contributed by atoms with E-state index >= 15 is 0 Å². The number of ether oxygens (including phenoxy) is 1. The molecule has 1 aromatic heterocycles. The molecule has 3 aromatic rings. The quantitative estimate of drug-likeness (QED) is 0.265. The standard InChI is InChI=1S/C23H25ClN6O7S/c1-15-25-22(26-37-15)16-4-6-17(7-5-16)29-14-18(36-23(29)31)13-27(2)10-11-28(3)38(34,35)19-8-9-20(24)21(12-19)30(32)33/h4-9,12,18H,10-11,13-14H2,1-3H3. The van der Waals surface area contributed by atoms with Gasteiger partial charge in [0.25, 0.3) is 5.69 Å². The summed E-state index contributed by atoms with van der Waals surface area (Å²) in [5.74, 6) is 0.913. The number of carbonyl (C=O) groups excluding carboxylic acids is 1. The third-order valence-corrected chi connectivity index (χ3v) is 8.15. The normalized spacial score (nSPS) is 15.9. The van der Waals surface area contributed by atoms with E-state index in [9.17, 15) is 23.3 Å². The number of hydrogen-bond donors (Lipinski definition) is 0. The van der Waals surface area contributed by atoms with Crippen molar-refractivity contribution in [2.24, 2.45) is 0 Å². The number of aromatic nitrogens is 2. The Hall–Kier alpha value is -3.59. The van der Waals surface area contributed by atoms with Gasteiger partial charge in [0.15, 0.2) is 0 Å². The maximum Gasteiger partial charge on any atom is 0.414 e. The third kappa shape index (κ3) is 5.93. The lowest BCUT2D eigenvalue weighted by Crippen LogP contribution is -2.38. The minimum Gasteiger partial charge on any atom is -0.443 e. The lowest BCUT2D eigenvalue weighted by molar-refractivity contribution is -0.384. The van der Waals surface area contributed by atoms with Crippen LogP contribution in [0.3, 0.4) is 0 Å². The van der Waals surface area contributed by atoms with Gasteiger partial charge in [-0.1, -0.05) is 16.8 Å². The summed E-state index contributed by atoms with van der Waals surface area (Å²) in [6.45, 7) is 2.84. The Balaban J connectivity index is 1.32. The van der Waals surface area contributed by atoms with Gasteiger partial charge in [0.1, 0.15) is 11.1 Å². The molecule has 202 valence electrons. The molecule has 0 aliphatic carbocycles. The van der Waals surface area contributed by atoms with Gasteiger partial charge < -0.3 is 14.2 Å². The molecule has 1 saturated heterocycles. The summed E-state index contributed by atoms with van der Waals surface area (Å²) in [6, 6.07) is 10.5. The lowest BCUT2D eigenvalue weighted by atomic mass is 10.2. The molecule has 1 aliphatic rings. The zero-order valence-electron chi connectivity index (χ0n) is 20.8. The van der Waals surface area contributed by atoms with Crippen LogP contribution in [0.15, 0.2) is 51.9 Å². The molecule has 1 atom stereocenters. The van der Waals surface area contributed by atoms with Gasteiger partial charge in [-0.25, -0.2) is 13.2 Å². The van der Waals surface area contributed by atoms with E-state index in [1.54, 1.807) is 38.2 Å². The molecule has 15 heteroatoms. The zero-order valence-corrected chi connectivity index (χ0v) is 22.3. The highest BCUT2D eigenvalue weighted by Crippen LogP contribution is 2.28. The van der Waals surface area contributed by atoms with Crippen LogP contribution in [0.5, 0.6) is 0 Å². The van der Waals surface area contributed by atoms with Crippen molar-refractivity contribution in [2.75, 3.05) is 45.2 Å². The Morgan fingerprint density at radius 1 is 1.18 bits per heavy atom. The van der Waals surface area contributed by atoms with Crippen molar-refractivity contribution in [3.63, 3.8) is 0 Å². The first-order valence-corrected chi connectivity index (χ1v) is 13.2. The number of sulfonamides is 1. The number of halogens is 1. The van der Waals surface area contributed by atoms with E-state index < -0.39 is 32.8 Å². The molecule has 1 unspecified atom stereocenters. The predicted octanol–water partition coefficient (Wildman–Crippen LogP) is 3.18. The highest BCUT2D eigenvalue weighted by atomic mass is 35.5. The Morgan fingerprint density at radius 3 is 2.53 bits per heavy atom. The maximum absolute atomic E-state index is 12.9. The minimum absolute atomic E-state index is 0.108. The van der Waals surface area contributed by atoms with Crippen molar-refractivity contribution in [2.45, 2.75) is 17.9 Å². The Labute approximate surface area is 223 Å². The summed E-state index contributed by atoms with van der Waals surface area (Å²) >= 11 is 5.79. The van der Waals surface area contributed by atoms with Crippen LogP contribution in [0, 0.1) is 17.0 Å². The molecule has 1 amide bonds. The molecule has 4 rings (SSSR count). The van der Waals surface area contributed by atoms with E-state index in [0.29, 0.717) is 37.0 Å². The van der Waals surface area contributed by atoms with E-state index in [-0.39, 0.29) is 16.5 Å². The molecule has 1 aliphatic heterocycles. The van der Waals surface area contributed by atoms with Crippen LogP contribution >= 0.6 is 11.6 Å². The Bertz CT molecular complexity index is 1450. The first kappa shape index (κ1) is 27.4. The molecule has 2 heterocycles. The molecule has 0 saturated carbocycles. The molecule has 0 spiro atoms. The smallest absolute Gasteiger partial charge is 0.414 e. The number of amides is 1. The van der Waals surface area contributed by atoms with Crippen LogP contribution in [0.4, 0.5) is 16.2 Å². The molecule has 2 aromatic carbocycles. The van der Waals surface area contributed by atoms with E-state index in [0.717, 1.165) is 15.9 Å². The number of nitro groups is 1. The van der Waals surface area contributed by atoms with Crippen LogP contribution in [-0.4, -0.2) is 85.2 Å². The Morgan fingerprint density at radius 2 is 1.89 bits per heavy atom. The van der Waals surface area contributed by atoms with Gasteiger partial charge in [0.05, 0.1) is 16.4 Å². The summed E-state index contributed by atoms with van der Waals surface area (Å²) < 4.78 is 37.4. The fourth-order valence-electron chi connectivity index (χ4n) is 3.88. The number of anilines is 1. The van der Waals surface area contributed by atoms with Gasteiger partial charge in [-0.05, 0) is 43.4 Å². The summed E-state index contributed by atoms with van der Waals surface area (Å²) in [5.41, 5.74) is 0.930. The van der Waals surface area contributed by atoms with Crippen molar-refractivity contribution in [3.8, 4) is 11.4 Å². The molecule has 0 N–H and O–H groups in total. The lowest BCUT2D eigenvalue weighted by Gasteiger charge is -2.23. The van der Waals surface area contributed by atoms with Crippen LogP contribution in [0.25, 0.3) is 11.4 Å². The van der Waals surface area contributed by atoms with E-state index in [1.807, 2.05) is 4.90 Å². The number of aryl methyl sites for hydroxylation is 1. The SMILES string of the molecule is Cc1nc(-c2ccc(N3CC(CN(C)CCN(C)S(=O)(=O)c4ccc(Cl)c([N+](=O)[O-])c4)OC3=O)cc2)no1. The van der Waals surface area contributed by atoms with Crippen molar-refractivity contribution in [1.82, 2.24) is 19.3 Å². The van der Waals surface area contributed by atoms with E-state index in [1.165, 1.54) is 24.1 Å². The van der Waals surface area contributed by atoms with Crippen molar-refractivity contribution < 1.29 is 27.4 Å². The second-order valence-electron chi connectivity index (χ2n) is 8.76. The summed E-state index contributed by atoms with van der Waals surface area (Å²) in [4.78, 5) is 30.2. The second-order valence-corrected chi connectivity index (χ2v) is 11.2. The van der Waals surface area contributed by atoms with Gasteiger partial charge in [0.2, 0.25) is 21.7 Å². The van der Waals surface area contributed by atoms with Crippen molar-refractivity contribution in [3.05, 3.63) is 63.5 Å². The number of benzene rings is 2. The number of nitrogens with zero attached hydrogens (tertiary/aromatic N) is 6. The highest BCUT2D eigenvalue weighted by molar-refractivity contribution is 7.89. The molecule has 13 nitrogen and oxygen atoms in total. The van der Waals surface area contributed by atoms with Crippen LogP contribution in [0.1, 0.15) is 5.89 Å². The molecule has 0 bridgehead atoms. The third-order valence-electron chi connectivity index (χ3n) is 5.97. The van der Waals surface area contributed by atoms with Crippen molar-refractivity contribution in [1.29, 1.82) is 0 Å². The fourth-order valence-corrected chi connectivity index (χ4v) is 5.25. The molecular formula is C23H25ClN6O7S.